The Morgan fingerprint density at radius 2 is 1.91 bits per heavy atom. The van der Waals surface area contributed by atoms with E-state index in [2.05, 4.69) is 10.6 Å². The zero-order valence-corrected chi connectivity index (χ0v) is 12.4. The van der Waals surface area contributed by atoms with Crippen molar-refractivity contribution in [3.05, 3.63) is 29.8 Å². The monoisotopic (exact) mass is 322 g/mol. The summed E-state index contributed by atoms with van der Waals surface area (Å²) in [5, 5.41) is 13.5. The highest BCUT2D eigenvalue weighted by Gasteiger charge is 2.22. The Morgan fingerprint density at radius 1 is 1.17 bits per heavy atom. The fraction of sp³-hybridized carbons (Fsp3) is 0.400. The second-order valence-corrected chi connectivity index (χ2v) is 4.97. The number of anilines is 1. The predicted octanol–water partition coefficient (Wildman–Crippen LogP) is -0.216. The van der Waals surface area contributed by atoms with Gasteiger partial charge in [-0.05, 0) is 17.7 Å². The van der Waals surface area contributed by atoms with E-state index in [1.807, 2.05) is 0 Å². The average Bonchev–Trinajstić information content (AvgIpc) is 2.55. The Morgan fingerprint density at radius 3 is 2.52 bits per heavy atom. The first-order chi connectivity index (χ1) is 11.0. The highest BCUT2D eigenvalue weighted by molar-refractivity contribution is 5.94. The minimum atomic E-state index is -1.09. The molecule has 1 unspecified atom stereocenters. The van der Waals surface area contributed by atoms with Gasteiger partial charge in [-0.15, -0.1) is 0 Å². The number of benzene rings is 1. The number of amides is 2. The van der Waals surface area contributed by atoms with E-state index in [-0.39, 0.29) is 24.8 Å². The summed E-state index contributed by atoms with van der Waals surface area (Å²) in [4.78, 5) is 33.8. The number of nitrogens with one attached hydrogen (secondary N) is 2. The van der Waals surface area contributed by atoms with Gasteiger partial charge in [0.1, 0.15) is 6.54 Å². The lowest BCUT2D eigenvalue weighted by atomic mass is 10.1. The number of carboxylic acids is 1. The van der Waals surface area contributed by atoms with Crippen LogP contribution >= 0.6 is 0 Å². The Labute approximate surface area is 132 Å². The number of hydrogen-bond acceptors (Lipinski definition) is 5. The summed E-state index contributed by atoms with van der Waals surface area (Å²) < 4.78 is 10.5. The van der Waals surface area contributed by atoms with Crippen LogP contribution in [0.2, 0.25) is 0 Å². The molecule has 2 rings (SSSR count). The summed E-state index contributed by atoms with van der Waals surface area (Å²) in [6.45, 7) is 0.703. The van der Waals surface area contributed by atoms with Gasteiger partial charge in [0.25, 0.3) is 5.91 Å². The Hall–Kier alpha value is -2.45. The molecule has 1 heterocycles. The predicted molar refractivity (Wildman–Crippen MR) is 80.0 cm³/mol. The molecule has 0 radical (unpaired) electrons. The van der Waals surface area contributed by atoms with E-state index in [1.165, 1.54) is 0 Å². The third kappa shape index (κ3) is 5.68. The number of ether oxygens (including phenoxy) is 2. The minimum Gasteiger partial charge on any atom is -0.480 e. The molecular formula is C15H18N2O6. The van der Waals surface area contributed by atoms with Gasteiger partial charge in [-0.25, -0.2) is 0 Å². The number of carbonyl (C=O) groups excluding carboxylic acids is 2. The van der Waals surface area contributed by atoms with Crippen molar-refractivity contribution < 1.29 is 29.0 Å². The molecule has 2 amide bonds. The molecule has 124 valence electrons. The van der Waals surface area contributed by atoms with Crippen LogP contribution in [0.25, 0.3) is 0 Å². The van der Waals surface area contributed by atoms with Crippen molar-refractivity contribution in [2.45, 2.75) is 12.5 Å². The highest BCUT2D eigenvalue weighted by atomic mass is 16.6. The maximum Gasteiger partial charge on any atom is 0.322 e. The normalized spacial score (nSPS) is 17.3. The van der Waals surface area contributed by atoms with E-state index < -0.39 is 18.6 Å². The van der Waals surface area contributed by atoms with Gasteiger partial charge in [-0.1, -0.05) is 12.1 Å². The summed E-state index contributed by atoms with van der Waals surface area (Å²) in [7, 11) is 0. The number of carboxylic acid groups (broad SMARTS) is 1. The molecule has 1 aliphatic heterocycles. The lowest BCUT2D eigenvalue weighted by Crippen LogP contribution is -2.39. The van der Waals surface area contributed by atoms with Crippen molar-refractivity contribution in [3.63, 3.8) is 0 Å². The Balaban J connectivity index is 1.82. The fourth-order valence-corrected chi connectivity index (χ4v) is 1.99. The van der Waals surface area contributed by atoms with Crippen LogP contribution in [0.4, 0.5) is 5.69 Å². The third-order valence-corrected chi connectivity index (χ3v) is 3.13. The van der Waals surface area contributed by atoms with Crippen LogP contribution in [-0.2, 0) is 30.3 Å². The first-order valence-electron chi connectivity index (χ1n) is 7.12. The fourth-order valence-electron chi connectivity index (χ4n) is 1.99. The molecule has 8 heteroatoms. The van der Waals surface area contributed by atoms with Crippen LogP contribution in [-0.4, -0.2) is 55.4 Å². The van der Waals surface area contributed by atoms with Gasteiger partial charge in [-0.2, -0.15) is 0 Å². The summed E-state index contributed by atoms with van der Waals surface area (Å²) in [6.07, 6.45) is -0.550. The molecule has 0 aromatic heterocycles. The van der Waals surface area contributed by atoms with Crippen molar-refractivity contribution >= 4 is 23.5 Å². The number of hydrogen-bond donors (Lipinski definition) is 3. The molecule has 3 N–H and O–H groups in total. The van der Waals surface area contributed by atoms with E-state index >= 15 is 0 Å². The molecule has 0 bridgehead atoms. The second-order valence-electron chi connectivity index (χ2n) is 4.97. The van der Waals surface area contributed by atoms with Crippen LogP contribution < -0.4 is 10.6 Å². The number of rotatable bonds is 6. The van der Waals surface area contributed by atoms with Crippen LogP contribution in [0.5, 0.6) is 0 Å². The topological polar surface area (TPSA) is 114 Å². The minimum absolute atomic E-state index is 0.0705. The molecule has 1 saturated heterocycles. The molecule has 1 atom stereocenters. The summed E-state index contributed by atoms with van der Waals surface area (Å²) >= 11 is 0. The van der Waals surface area contributed by atoms with E-state index in [4.69, 9.17) is 14.6 Å². The molecule has 23 heavy (non-hydrogen) atoms. The maximum atomic E-state index is 11.9. The van der Waals surface area contributed by atoms with Crippen LogP contribution in [0.15, 0.2) is 24.3 Å². The molecule has 1 fully saturated rings. The van der Waals surface area contributed by atoms with Crippen LogP contribution in [0, 0.1) is 0 Å². The second kappa shape index (κ2) is 8.25. The zero-order valence-electron chi connectivity index (χ0n) is 12.4. The summed E-state index contributed by atoms with van der Waals surface area (Å²) in [6, 6.07) is 6.71. The molecule has 1 aromatic rings. The number of carbonyl (C=O) groups is 3. The molecule has 0 spiro atoms. The molecule has 0 aliphatic carbocycles. The smallest absolute Gasteiger partial charge is 0.322 e. The van der Waals surface area contributed by atoms with E-state index in [0.717, 1.165) is 0 Å². The quantitative estimate of drug-likeness (QED) is 0.667. The van der Waals surface area contributed by atoms with Gasteiger partial charge >= 0.3 is 5.97 Å². The third-order valence-electron chi connectivity index (χ3n) is 3.13. The largest absolute Gasteiger partial charge is 0.480 e. The van der Waals surface area contributed by atoms with Gasteiger partial charge in [0.15, 0.2) is 6.10 Å². The lowest BCUT2D eigenvalue weighted by molar-refractivity contribution is -0.142. The molecule has 0 saturated carbocycles. The molecule has 1 aliphatic rings. The average molecular weight is 322 g/mol. The summed E-state index contributed by atoms with van der Waals surface area (Å²) in [5.41, 5.74) is 1.29. The van der Waals surface area contributed by atoms with E-state index in [1.54, 1.807) is 24.3 Å². The number of aliphatic carboxylic acids is 1. The zero-order chi connectivity index (χ0) is 16.7. The summed E-state index contributed by atoms with van der Waals surface area (Å²) in [5.74, 6) is -1.75. The molecular weight excluding hydrogens is 304 g/mol. The Kier molecular flexibility index (Phi) is 6.07. The van der Waals surface area contributed by atoms with Gasteiger partial charge in [0.05, 0.1) is 26.2 Å². The first kappa shape index (κ1) is 16.9. The SMILES string of the molecule is O=C(O)CNC(=O)Cc1ccc(NC(=O)C2COCCO2)cc1. The van der Waals surface area contributed by atoms with E-state index in [9.17, 15) is 14.4 Å². The van der Waals surface area contributed by atoms with Crippen molar-refractivity contribution in [2.24, 2.45) is 0 Å². The van der Waals surface area contributed by atoms with Gasteiger partial charge in [0, 0.05) is 5.69 Å². The van der Waals surface area contributed by atoms with Crippen molar-refractivity contribution in [1.29, 1.82) is 0 Å². The first-order valence-corrected chi connectivity index (χ1v) is 7.12. The Bertz CT molecular complexity index is 566. The van der Waals surface area contributed by atoms with Gasteiger partial charge < -0.3 is 25.2 Å². The van der Waals surface area contributed by atoms with Crippen LogP contribution in [0.1, 0.15) is 5.56 Å². The van der Waals surface area contributed by atoms with Crippen molar-refractivity contribution in [1.82, 2.24) is 5.32 Å². The van der Waals surface area contributed by atoms with Crippen LogP contribution in [0.3, 0.4) is 0 Å². The molecule has 1 aromatic carbocycles. The van der Waals surface area contributed by atoms with Crippen molar-refractivity contribution in [2.75, 3.05) is 31.7 Å². The van der Waals surface area contributed by atoms with Gasteiger partial charge in [-0.3, -0.25) is 14.4 Å². The van der Waals surface area contributed by atoms with Crippen molar-refractivity contribution in [3.8, 4) is 0 Å². The standard InChI is InChI=1S/C15H18N2O6/c18-13(16-8-14(19)20)7-10-1-3-11(4-2-10)17-15(21)12-9-22-5-6-23-12/h1-4,12H,5-9H2,(H,16,18)(H,17,21)(H,19,20). The molecule has 8 nitrogen and oxygen atoms in total. The lowest BCUT2D eigenvalue weighted by Gasteiger charge is -2.22. The maximum absolute atomic E-state index is 11.9. The van der Waals surface area contributed by atoms with E-state index in [0.29, 0.717) is 24.5 Å². The van der Waals surface area contributed by atoms with Gasteiger partial charge in [0.2, 0.25) is 5.91 Å². The highest BCUT2D eigenvalue weighted by Crippen LogP contribution is 2.12.